The van der Waals surface area contributed by atoms with E-state index in [4.69, 9.17) is 9.47 Å². The Hall–Kier alpha value is -4.33. The quantitative estimate of drug-likeness (QED) is 0.237. The minimum atomic E-state index is -4.38. The predicted molar refractivity (Wildman–Crippen MR) is 138 cm³/mol. The van der Waals surface area contributed by atoms with Crippen LogP contribution in [0.5, 0.6) is 11.5 Å². The van der Waals surface area contributed by atoms with Crippen LogP contribution in [-0.4, -0.2) is 29.5 Å². The molecule has 0 N–H and O–H groups in total. The second kappa shape index (κ2) is 12.3. The molecule has 0 unspecified atom stereocenters. The minimum absolute atomic E-state index is 0.139. The van der Waals surface area contributed by atoms with Gasteiger partial charge in [0, 0.05) is 37.5 Å². The van der Waals surface area contributed by atoms with E-state index in [1.54, 1.807) is 60.8 Å². The number of amides is 1. The maximum Gasteiger partial charge on any atom is 0.416 e. The van der Waals surface area contributed by atoms with E-state index >= 15 is 0 Å². The molecule has 1 aromatic heterocycles. The Morgan fingerprint density at radius 2 is 1.50 bits per heavy atom. The molecule has 0 fully saturated rings. The van der Waals surface area contributed by atoms with Gasteiger partial charge >= 0.3 is 6.18 Å². The normalized spacial score (nSPS) is 11.2. The molecular weight excluding hydrogens is 493 g/mol. The van der Waals surface area contributed by atoms with E-state index in [2.05, 4.69) is 4.98 Å². The first-order chi connectivity index (χ1) is 18.3. The van der Waals surface area contributed by atoms with Crippen LogP contribution in [0.2, 0.25) is 0 Å². The van der Waals surface area contributed by atoms with Crippen LogP contribution in [0.4, 0.5) is 13.2 Å². The van der Waals surface area contributed by atoms with Gasteiger partial charge in [-0.1, -0.05) is 30.3 Å². The van der Waals surface area contributed by atoms with Crippen LogP contribution in [0, 0.1) is 0 Å². The molecule has 3 aromatic carbocycles. The van der Waals surface area contributed by atoms with Gasteiger partial charge in [-0.2, -0.15) is 13.2 Å². The van der Waals surface area contributed by atoms with Crippen LogP contribution in [0.15, 0.2) is 97.3 Å². The first kappa shape index (κ1) is 26.7. The van der Waals surface area contributed by atoms with Gasteiger partial charge in [-0.25, -0.2) is 0 Å². The molecule has 0 radical (unpaired) electrons. The van der Waals surface area contributed by atoms with Crippen LogP contribution in [0.1, 0.15) is 32.6 Å². The van der Waals surface area contributed by atoms with Crippen molar-refractivity contribution in [1.82, 2.24) is 9.88 Å². The summed E-state index contributed by atoms with van der Waals surface area (Å²) in [7, 11) is 1.57. The van der Waals surface area contributed by atoms with Gasteiger partial charge in [-0.3, -0.25) is 9.78 Å². The van der Waals surface area contributed by atoms with Crippen LogP contribution in [0.25, 0.3) is 0 Å². The van der Waals surface area contributed by atoms with Crippen LogP contribution in [-0.2, 0) is 25.7 Å². The molecule has 0 aliphatic carbocycles. The Kier molecular flexibility index (Phi) is 8.63. The average molecular weight is 521 g/mol. The summed E-state index contributed by atoms with van der Waals surface area (Å²) in [6.45, 7) is 0.933. The van der Waals surface area contributed by atoms with E-state index in [1.165, 1.54) is 6.07 Å². The summed E-state index contributed by atoms with van der Waals surface area (Å²) >= 11 is 0. The van der Waals surface area contributed by atoms with Crippen molar-refractivity contribution in [3.8, 4) is 11.5 Å². The largest absolute Gasteiger partial charge is 0.497 e. The van der Waals surface area contributed by atoms with Crippen LogP contribution in [0.3, 0.4) is 0 Å². The van der Waals surface area contributed by atoms with Crippen molar-refractivity contribution in [3.05, 3.63) is 125 Å². The zero-order valence-corrected chi connectivity index (χ0v) is 20.8. The van der Waals surface area contributed by atoms with Crippen molar-refractivity contribution in [1.29, 1.82) is 0 Å². The van der Waals surface area contributed by atoms with Crippen LogP contribution >= 0.6 is 0 Å². The van der Waals surface area contributed by atoms with E-state index in [-0.39, 0.29) is 12.5 Å². The van der Waals surface area contributed by atoms with Gasteiger partial charge in [0.25, 0.3) is 5.91 Å². The molecule has 8 heteroatoms. The lowest BCUT2D eigenvalue weighted by atomic mass is 10.1. The molecule has 0 spiro atoms. The Labute approximate surface area is 219 Å². The topological polar surface area (TPSA) is 51.7 Å². The van der Waals surface area contributed by atoms with E-state index in [1.807, 2.05) is 30.3 Å². The maximum atomic E-state index is 13.4. The average Bonchev–Trinajstić information content (AvgIpc) is 2.93. The summed E-state index contributed by atoms with van der Waals surface area (Å²) in [5.74, 6) is 1.10. The maximum absolute atomic E-state index is 13.4. The molecule has 4 aromatic rings. The molecule has 0 aliphatic heterocycles. The number of pyridine rings is 1. The highest BCUT2D eigenvalue weighted by molar-refractivity contribution is 5.94. The fourth-order valence-corrected chi connectivity index (χ4v) is 3.97. The molecule has 0 saturated heterocycles. The number of halogens is 3. The SMILES string of the molecule is COc1ccc(C(=O)N(Cc2ccncc2)Cc2cccc(OCCc3cccc(C(F)(F)F)c3)c2)cc1. The number of hydrogen-bond donors (Lipinski definition) is 0. The van der Waals surface area contributed by atoms with Crippen molar-refractivity contribution in [2.45, 2.75) is 25.7 Å². The minimum Gasteiger partial charge on any atom is -0.497 e. The first-order valence-electron chi connectivity index (χ1n) is 12.0. The highest BCUT2D eigenvalue weighted by Gasteiger charge is 2.30. The molecule has 38 heavy (non-hydrogen) atoms. The second-order valence-corrected chi connectivity index (χ2v) is 8.69. The lowest BCUT2D eigenvalue weighted by Gasteiger charge is -2.23. The van der Waals surface area contributed by atoms with Crippen molar-refractivity contribution in [2.24, 2.45) is 0 Å². The molecule has 4 rings (SSSR count). The number of alkyl halides is 3. The Balaban J connectivity index is 1.45. The molecule has 0 atom stereocenters. The number of ether oxygens (including phenoxy) is 2. The Morgan fingerprint density at radius 3 is 2.21 bits per heavy atom. The lowest BCUT2D eigenvalue weighted by Crippen LogP contribution is -2.30. The highest BCUT2D eigenvalue weighted by atomic mass is 19.4. The van der Waals surface area contributed by atoms with E-state index < -0.39 is 11.7 Å². The summed E-state index contributed by atoms with van der Waals surface area (Å²) in [6, 6.07) is 23.3. The van der Waals surface area contributed by atoms with Gasteiger partial charge in [0.1, 0.15) is 11.5 Å². The lowest BCUT2D eigenvalue weighted by molar-refractivity contribution is -0.137. The summed E-state index contributed by atoms with van der Waals surface area (Å²) in [4.78, 5) is 19.2. The summed E-state index contributed by atoms with van der Waals surface area (Å²) < 4.78 is 50.0. The number of aromatic nitrogens is 1. The number of methoxy groups -OCH3 is 1. The molecule has 1 heterocycles. The van der Waals surface area contributed by atoms with Crippen molar-refractivity contribution in [2.75, 3.05) is 13.7 Å². The Morgan fingerprint density at radius 1 is 0.816 bits per heavy atom. The van der Waals surface area contributed by atoms with Gasteiger partial charge in [0.15, 0.2) is 0 Å². The van der Waals surface area contributed by atoms with Crippen molar-refractivity contribution >= 4 is 5.91 Å². The number of carbonyl (C=O) groups is 1. The highest BCUT2D eigenvalue weighted by Crippen LogP contribution is 2.29. The molecule has 5 nitrogen and oxygen atoms in total. The van der Waals surface area contributed by atoms with Gasteiger partial charge in [-0.05, 0) is 71.3 Å². The fraction of sp³-hybridized carbons (Fsp3) is 0.200. The second-order valence-electron chi connectivity index (χ2n) is 8.69. The predicted octanol–water partition coefficient (Wildman–Crippen LogP) is 6.57. The molecule has 0 bridgehead atoms. The number of benzene rings is 3. The number of hydrogen-bond acceptors (Lipinski definition) is 4. The van der Waals surface area contributed by atoms with Crippen LogP contribution < -0.4 is 9.47 Å². The van der Waals surface area contributed by atoms with E-state index in [9.17, 15) is 18.0 Å². The zero-order chi connectivity index (χ0) is 27.0. The van der Waals surface area contributed by atoms with Gasteiger partial charge in [0.2, 0.25) is 0 Å². The van der Waals surface area contributed by atoms with Gasteiger partial charge in [0.05, 0.1) is 19.3 Å². The van der Waals surface area contributed by atoms with Crippen molar-refractivity contribution < 1.29 is 27.4 Å². The fourth-order valence-electron chi connectivity index (χ4n) is 3.97. The number of nitrogens with zero attached hydrogens (tertiary/aromatic N) is 2. The zero-order valence-electron chi connectivity index (χ0n) is 20.8. The Bertz CT molecular complexity index is 1340. The third kappa shape index (κ3) is 7.35. The monoisotopic (exact) mass is 520 g/mol. The molecular formula is C30H27F3N2O3. The molecule has 0 aliphatic rings. The number of carbonyl (C=O) groups excluding carboxylic acids is 1. The molecule has 1 amide bonds. The van der Waals surface area contributed by atoms with E-state index in [0.717, 1.165) is 23.3 Å². The van der Waals surface area contributed by atoms with E-state index in [0.29, 0.717) is 42.1 Å². The first-order valence-corrected chi connectivity index (χ1v) is 12.0. The third-order valence-electron chi connectivity index (χ3n) is 5.93. The summed E-state index contributed by atoms with van der Waals surface area (Å²) in [5, 5.41) is 0. The molecule has 196 valence electrons. The van der Waals surface area contributed by atoms with Crippen molar-refractivity contribution in [3.63, 3.8) is 0 Å². The summed E-state index contributed by atoms with van der Waals surface area (Å²) in [5.41, 5.74) is 2.21. The smallest absolute Gasteiger partial charge is 0.416 e. The van der Waals surface area contributed by atoms with Gasteiger partial charge < -0.3 is 14.4 Å². The summed E-state index contributed by atoms with van der Waals surface area (Å²) in [6.07, 6.45) is -0.677. The molecule has 0 saturated carbocycles. The van der Waals surface area contributed by atoms with Gasteiger partial charge in [-0.15, -0.1) is 0 Å². The standard InChI is InChI=1S/C30H27F3N2O3/c1-37-27-10-8-25(9-11-27)29(36)35(20-23-12-15-34-16-13-23)21-24-5-3-7-28(19-24)38-17-14-22-4-2-6-26(18-22)30(31,32)33/h2-13,15-16,18-19H,14,17,20-21H2,1H3. The third-order valence-corrected chi connectivity index (χ3v) is 5.93. The number of rotatable bonds is 10.